The third kappa shape index (κ3) is 3.27. The summed E-state index contributed by atoms with van der Waals surface area (Å²) in [7, 11) is 0. The highest BCUT2D eigenvalue weighted by atomic mass is 16.5. The average Bonchev–Trinajstić information content (AvgIpc) is 2.99. The van der Waals surface area contributed by atoms with Crippen LogP contribution in [-0.4, -0.2) is 48.8 Å². The summed E-state index contributed by atoms with van der Waals surface area (Å²) in [5.41, 5.74) is 8.78. The quantitative estimate of drug-likeness (QED) is 0.785. The molecule has 25 heavy (non-hydrogen) atoms. The van der Waals surface area contributed by atoms with Gasteiger partial charge in [0.15, 0.2) is 6.61 Å². The summed E-state index contributed by atoms with van der Waals surface area (Å²) in [5.74, 6) is 1.38. The van der Waals surface area contributed by atoms with Crippen molar-refractivity contribution in [1.29, 1.82) is 0 Å². The van der Waals surface area contributed by atoms with Gasteiger partial charge >= 0.3 is 0 Å². The normalized spacial score (nSPS) is 32.9. The fourth-order valence-electron chi connectivity index (χ4n) is 4.68. The van der Waals surface area contributed by atoms with Gasteiger partial charge in [-0.05, 0) is 56.6 Å². The number of carbonyl (C=O) groups excluding carboxylic acids is 1. The molecular formula is C20H28N2O3. The molecule has 2 N–H and O–H groups in total. The van der Waals surface area contributed by atoms with Crippen molar-refractivity contribution in [3.63, 3.8) is 0 Å². The van der Waals surface area contributed by atoms with Crippen LogP contribution in [0.3, 0.4) is 0 Å². The maximum atomic E-state index is 12.7. The Bertz CT molecular complexity index is 640. The predicted octanol–water partition coefficient (Wildman–Crippen LogP) is 2.36. The van der Waals surface area contributed by atoms with Gasteiger partial charge in [-0.15, -0.1) is 0 Å². The van der Waals surface area contributed by atoms with Crippen molar-refractivity contribution in [3.8, 4) is 5.75 Å². The lowest BCUT2D eigenvalue weighted by Gasteiger charge is -2.32. The molecule has 2 atom stereocenters. The van der Waals surface area contributed by atoms with Crippen molar-refractivity contribution >= 4 is 5.91 Å². The van der Waals surface area contributed by atoms with Gasteiger partial charge in [0, 0.05) is 18.2 Å². The lowest BCUT2D eigenvalue weighted by molar-refractivity contribution is -0.136. The lowest BCUT2D eigenvalue weighted by Crippen LogP contribution is -2.47. The molecule has 4 aliphatic rings. The van der Waals surface area contributed by atoms with Gasteiger partial charge in [-0.25, -0.2) is 0 Å². The molecule has 1 saturated carbocycles. The van der Waals surface area contributed by atoms with Crippen molar-refractivity contribution < 1.29 is 14.3 Å². The first-order chi connectivity index (χ1) is 12.1. The molecule has 0 spiro atoms. The summed E-state index contributed by atoms with van der Waals surface area (Å²) in [6.45, 7) is 3.47. The van der Waals surface area contributed by atoms with Gasteiger partial charge in [0.05, 0.1) is 18.8 Å². The predicted molar refractivity (Wildman–Crippen MR) is 95.7 cm³/mol. The molecule has 5 heteroatoms. The molecular weight excluding hydrogens is 316 g/mol. The SMILES string of the molecule is Cc1cccc2c1C1CCC(CC1)OC[C@H]1[C@@H](N)CCN1C(=O)CO2. The number of hydrogen-bond donors (Lipinski definition) is 1. The van der Waals surface area contributed by atoms with Gasteiger partial charge in [-0.3, -0.25) is 4.79 Å². The third-order valence-electron chi connectivity index (χ3n) is 6.14. The van der Waals surface area contributed by atoms with Crippen LogP contribution in [0.1, 0.15) is 49.1 Å². The van der Waals surface area contributed by atoms with E-state index < -0.39 is 0 Å². The lowest BCUT2D eigenvalue weighted by atomic mass is 9.80. The highest BCUT2D eigenvalue weighted by Gasteiger charge is 2.37. The topological polar surface area (TPSA) is 64.8 Å². The van der Waals surface area contributed by atoms with Crippen LogP contribution in [-0.2, 0) is 9.53 Å². The number of nitrogens with two attached hydrogens (primary N) is 1. The summed E-state index contributed by atoms with van der Waals surface area (Å²) in [4.78, 5) is 14.6. The summed E-state index contributed by atoms with van der Waals surface area (Å²) < 4.78 is 12.2. The Morgan fingerprint density at radius 2 is 1.96 bits per heavy atom. The molecule has 1 saturated heterocycles. The number of amides is 1. The second kappa shape index (κ2) is 6.96. The van der Waals surface area contributed by atoms with E-state index in [2.05, 4.69) is 13.0 Å². The number of carbonyl (C=O) groups is 1. The van der Waals surface area contributed by atoms with Gasteiger partial charge in [0.1, 0.15) is 5.75 Å². The first-order valence-electron chi connectivity index (χ1n) is 9.52. The van der Waals surface area contributed by atoms with Crippen LogP contribution in [0.2, 0.25) is 0 Å². The van der Waals surface area contributed by atoms with Gasteiger partial charge < -0.3 is 20.1 Å². The monoisotopic (exact) mass is 344 g/mol. The van der Waals surface area contributed by atoms with Crippen LogP contribution in [0.5, 0.6) is 5.75 Å². The van der Waals surface area contributed by atoms with E-state index >= 15 is 0 Å². The molecule has 1 aliphatic carbocycles. The molecule has 3 aliphatic heterocycles. The summed E-state index contributed by atoms with van der Waals surface area (Å²) >= 11 is 0. The zero-order valence-electron chi connectivity index (χ0n) is 14.9. The van der Waals surface area contributed by atoms with Gasteiger partial charge in [-0.2, -0.15) is 0 Å². The molecule has 5 rings (SSSR count). The molecule has 0 unspecified atom stereocenters. The minimum atomic E-state index is -0.0217. The molecule has 1 aromatic carbocycles. The van der Waals surface area contributed by atoms with Crippen molar-refractivity contribution in [2.75, 3.05) is 19.8 Å². The first kappa shape index (κ1) is 16.9. The zero-order chi connectivity index (χ0) is 17.4. The number of fused-ring (bicyclic) bond motifs is 5. The molecule has 0 aromatic heterocycles. The van der Waals surface area contributed by atoms with E-state index in [1.54, 1.807) is 0 Å². The van der Waals surface area contributed by atoms with Crippen LogP contribution in [0, 0.1) is 6.92 Å². The van der Waals surface area contributed by atoms with Crippen LogP contribution in [0.15, 0.2) is 18.2 Å². The second-order valence-electron chi connectivity index (χ2n) is 7.69. The van der Waals surface area contributed by atoms with Crippen molar-refractivity contribution in [3.05, 3.63) is 29.3 Å². The largest absolute Gasteiger partial charge is 0.483 e. The molecule has 136 valence electrons. The number of benzene rings is 1. The van der Waals surface area contributed by atoms with E-state index in [0.717, 1.165) is 37.9 Å². The summed E-state index contributed by atoms with van der Waals surface area (Å²) in [5, 5.41) is 0. The van der Waals surface area contributed by atoms with Crippen LogP contribution in [0.25, 0.3) is 0 Å². The minimum Gasteiger partial charge on any atom is -0.483 e. The highest BCUT2D eigenvalue weighted by molar-refractivity contribution is 5.78. The Morgan fingerprint density at radius 3 is 2.76 bits per heavy atom. The summed E-state index contributed by atoms with van der Waals surface area (Å²) in [6, 6.07) is 6.14. The zero-order valence-corrected chi connectivity index (χ0v) is 14.9. The van der Waals surface area contributed by atoms with E-state index in [1.807, 2.05) is 17.0 Å². The molecule has 2 fully saturated rings. The Hall–Kier alpha value is -1.59. The summed E-state index contributed by atoms with van der Waals surface area (Å²) in [6.07, 6.45) is 5.47. The van der Waals surface area contributed by atoms with Gasteiger partial charge in [0.2, 0.25) is 0 Å². The van der Waals surface area contributed by atoms with Crippen molar-refractivity contribution in [2.24, 2.45) is 5.73 Å². The fourth-order valence-corrected chi connectivity index (χ4v) is 4.68. The van der Waals surface area contributed by atoms with Crippen LogP contribution in [0.4, 0.5) is 0 Å². The average molecular weight is 344 g/mol. The number of nitrogens with zero attached hydrogens (tertiary/aromatic N) is 1. The number of ether oxygens (including phenoxy) is 2. The highest BCUT2D eigenvalue weighted by Crippen LogP contribution is 2.40. The Morgan fingerprint density at radius 1 is 1.16 bits per heavy atom. The Kier molecular flexibility index (Phi) is 4.69. The molecule has 3 heterocycles. The number of aryl methyl sites for hydroxylation is 1. The Balaban J connectivity index is 1.64. The molecule has 1 aromatic rings. The standard InChI is InChI=1S/C20H28N2O3/c1-13-3-2-4-18-20(13)14-5-7-15(8-6-14)24-11-17-16(21)9-10-22(17)19(23)12-25-18/h2-4,14-17H,5-12,21H2,1H3/t14?,15?,16-,17-/m0/s1. The fraction of sp³-hybridized carbons (Fsp3) is 0.650. The van der Waals surface area contributed by atoms with E-state index in [0.29, 0.717) is 19.1 Å². The van der Waals surface area contributed by atoms with E-state index in [4.69, 9.17) is 15.2 Å². The van der Waals surface area contributed by atoms with Crippen molar-refractivity contribution in [2.45, 2.75) is 63.1 Å². The third-order valence-corrected chi connectivity index (χ3v) is 6.14. The van der Waals surface area contributed by atoms with Crippen LogP contribution < -0.4 is 10.5 Å². The first-order valence-corrected chi connectivity index (χ1v) is 9.52. The number of hydrogen-bond acceptors (Lipinski definition) is 4. The van der Waals surface area contributed by atoms with Gasteiger partial charge in [-0.1, -0.05) is 12.1 Å². The molecule has 2 bridgehead atoms. The minimum absolute atomic E-state index is 0.0000483. The van der Waals surface area contributed by atoms with E-state index in [9.17, 15) is 4.79 Å². The van der Waals surface area contributed by atoms with E-state index in [-0.39, 0.29) is 30.7 Å². The van der Waals surface area contributed by atoms with E-state index in [1.165, 1.54) is 11.1 Å². The van der Waals surface area contributed by atoms with Crippen molar-refractivity contribution in [1.82, 2.24) is 4.90 Å². The molecule has 1 amide bonds. The molecule has 5 nitrogen and oxygen atoms in total. The second-order valence-corrected chi connectivity index (χ2v) is 7.69. The maximum absolute atomic E-state index is 12.7. The maximum Gasteiger partial charge on any atom is 0.260 e. The number of rotatable bonds is 0. The van der Waals surface area contributed by atoms with Crippen LogP contribution >= 0.6 is 0 Å². The molecule has 0 radical (unpaired) electrons. The van der Waals surface area contributed by atoms with Gasteiger partial charge in [0.25, 0.3) is 5.91 Å². The Labute approximate surface area is 149 Å². The smallest absolute Gasteiger partial charge is 0.260 e.